The first-order chi connectivity index (χ1) is 13.4. The Labute approximate surface area is 168 Å². The molecule has 1 atom stereocenters. The zero-order chi connectivity index (χ0) is 20.1. The van der Waals surface area contributed by atoms with Crippen LogP contribution in [-0.4, -0.2) is 60.3 Å². The number of morpholine rings is 1. The molecule has 1 unspecified atom stereocenters. The van der Waals surface area contributed by atoms with Gasteiger partial charge in [0.25, 0.3) is 0 Å². The van der Waals surface area contributed by atoms with Crippen molar-refractivity contribution in [3.63, 3.8) is 0 Å². The minimum Gasteiger partial charge on any atom is -0.379 e. The molecule has 0 amide bonds. The van der Waals surface area contributed by atoms with Crippen LogP contribution in [0.5, 0.6) is 0 Å². The third-order valence-corrected chi connectivity index (χ3v) is 6.71. The predicted molar refractivity (Wildman–Crippen MR) is 112 cm³/mol. The maximum atomic E-state index is 12.9. The van der Waals surface area contributed by atoms with Crippen LogP contribution in [0.15, 0.2) is 53.4 Å². The summed E-state index contributed by atoms with van der Waals surface area (Å²) in [5.74, 6) is 0. The molecule has 7 heteroatoms. The first-order valence-corrected chi connectivity index (χ1v) is 11.0. The highest BCUT2D eigenvalue weighted by molar-refractivity contribution is 7.89. The first kappa shape index (κ1) is 20.8. The molecule has 6 nitrogen and oxygen atoms in total. The molecule has 1 saturated heterocycles. The lowest BCUT2D eigenvalue weighted by molar-refractivity contribution is 0.0172. The minimum atomic E-state index is -3.57. The number of hydrogen-bond acceptors (Lipinski definition) is 5. The summed E-state index contributed by atoms with van der Waals surface area (Å²) < 4.78 is 34.0. The third-order valence-electron chi connectivity index (χ3n) is 5.13. The van der Waals surface area contributed by atoms with Crippen molar-refractivity contribution in [2.24, 2.45) is 0 Å². The first-order valence-electron chi connectivity index (χ1n) is 9.53. The van der Waals surface area contributed by atoms with Gasteiger partial charge in [-0.05, 0) is 36.2 Å². The minimum absolute atomic E-state index is 0.0427. The van der Waals surface area contributed by atoms with Crippen LogP contribution in [0.25, 0.3) is 0 Å². The Balaban J connectivity index is 1.82. The Kier molecular flexibility index (Phi) is 6.72. The Bertz CT molecular complexity index is 876. The van der Waals surface area contributed by atoms with E-state index in [9.17, 15) is 8.42 Å². The van der Waals surface area contributed by atoms with Gasteiger partial charge in [-0.2, -0.15) is 0 Å². The van der Waals surface area contributed by atoms with Gasteiger partial charge in [0.2, 0.25) is 10.0 Å². The third kappa shape index (κ3) is 4.91. The fraction of sp³-hybridized carbons (Fsp3) is 0.429. The molecule has 28 heavy (non-hydrogen) atoms. The molecule has 0 saturated carbocycles. The topological polar surface area (TPSA) is 61.9 Å². The number of aryl methyl sites for hydroxylation is 1. The number of ether oxygens (including phenoxy) is 1. The van der Waals surface area contributed by atoms with Crippen molar-refractivity contribution >= 4 is 15.7 Å². The SMILES string of the molecule is Cc1ccccc1S(=O)(=O)NCC(c1ccc(N(C)C)cc1)N1CCOCC1. The monoisotopic (exact) mass is 403 g/mol. The van der Waals surface area contributed by atoms with Crippen LogP contribution in [-0.2, 0) is 14.8 Å². The molecule has 0 bridgehead atoms. The van der Waals surface area contributed by atoms with Crippen LogP contribution in [0.3, 0.4) is 0 Å². The highest BCUT2D eigenvalue weighted by Crippen LogP contribution is 2.25. The van der Waals surface area contributed by atoms with Gasteiger partial charge in [-0.15, -0.1) is 0 Å². The highest BCUT2D eigenvalue weighted by Gasteiger charge is 2.25. The van der Waals surface area contributed by atoms with Gasteiger partial charge in [0.05, 0.1) is 18.1 Å². The van der Waals surface area contributed by atoms with E-state index >= 15 is 0 Å². The largest absolute Gasteiger partial charge is 0.379 e. The second kappa shape index (κ2) is 9.05. The number of benzene rings is 2. The second-order valence-corrected chi connectivity index (χ2v) is 9.00. The van der Waals surface area contributed by atoms with Crippen molar-refractivity contribution in [1.82, 2.24) is 9.62 Å². The summed E-state index contributed by atoms with van der Waals surface area (Å²) in [7, 11) is 0.439. The molecule has 3 rings (SSSR count). The van der Waals surface area contributed by atoms with Crippen LogP contribution in [0.2, 0.25) is 0 Å². The molecule has 152 valence electrons. The van der Waals surface area contributed by atoms with Crippen molar-refractivity contribution in [3.8, 4) is 0 Å². The molecule has 2 aromatic carbocycles. The summed E-state index contributed by atoms with van der Waals surface area (Å²) in [4.78, 5) is 4.67. The van der Waals surface area contributed by atoms with E-state index in [1.807, 2.05) is 33.2 Å². The van der Waals surface area contributed by atoms with E-state index in [4.69, 9.17) is 4.74 Å². The fourth-order valence-corrected chi connectivity index (χ4v) is 4.75. The average Bonchev–Trinajstić information content (AvgIpc) is 2.69. The number of sulfonamides is 1. The van der Waals surface area contributed by atoms with E-state index in [0.717, 1.165) is 29.9 Å². The summed E-state index contributed by atoms with van der Waals surface area (Å²) in [5.41, 5.74) is 2.96. The van der Waals surface area contributed by atoms with Gasteiger partial charge in [0.15, 0.2) is 0 Å². The summed E-state index contributed by atoms with van der Waals surface area (Å²) in [6.07, 6.45) is 0. The van der Waals surface area contributed by atoms with E-state index in [1.165, 1.54) is 0 Å². The number of hydrogen-bond donors (Lipinski definition) is 1. The lowest BCUT2D eigenvalue weighted by Crippen LogP contribution is -2.43. The summed E-state index contributed by atoms with van der Waals surface area (Å²) >= 11 is 0. The smallest absolute Gasteiger partial charge is 0.240 e. The normalized spacial score (nSPS) is 16.7. The summed E-state index contributed by atoms with van der Waals surface area (Å²) in [6, 6.07) is 15.3. The van der Waals surface area contributed by atoms with E-state index in [2.05, 4.69) is 38.8 Å². The van der Waals surface area contributed by atoms with E-state index in [0.29, 0.717) is 24.7 Å². The van der Waals surface area contributed by atoms with Crippen molar-refractivity contribution in [3.05, 3.63) is 59.7 Å². The number of nitrogens with zero attached hydrogens (tertiary/aromatic N) is 2. The Hall–Kier alpha value is -1.93. The quantitative estimate of drug-likeness (QED) is 0.769. The average molecular weight is 404 g/mol. The molecule has 0 radical (unpaired) electrons. The molecule has 0 spiro atoms. The van der Waals surface area contributed by atoms with Gasteiger partial charge in [0, 0.05) is 45.5 Å². The molecule has 0 aliphatic carbocycles. The Morgan fingerprint density at radius 1 is 1.07 bits per heavy atom. The standard InChI is InChI=1S/C21H29N3O3S/c1-17-6-4-5-7-21(17)28(25,26)22-16-20(24-12-14-27-15-13-24)18-8-10-19(11-9-18)23(2)3/h4-11,20,22H,12-16H2,1-3H3. The van der Waals surface area contributed by atoms with Gasteiger partial charge in [-0.3, -0.25) is 4.90 Å². The molecule has 0 aromatic heterocycles. The zero-order valence-electron chi connectivity index (χ0n) is 16.8. The molecular weight excluding hydrogens is 374 g/mol. The van der Waals surface area contributed by atoms with E-state index in [1.54, 1.807) is 12.1 Å². The van der Waals surface area contributed by atoms with E-state index < -0.39 is 10.0 Å². The summed E-state index contributed by atoms with van der Waals surface area (Å²) in [5, 5.41) is 0. The van der Waals surface area contributed by atoms with Gasteiger partial charge >= 0.3 is 0 Å². The lowest BCUT2D eigenvalue weighted by atomic mass is 10.0. The molecule has 1 aliphatic rings. The molecule has 1 heterocycles. The van der Waals surface area contributed by atoms with Crippen molar-refractivity contribution in [1.29, 1.82) is 0 Å². The Morgan fingerprint density at radius 2 is 1.71 bits per heavy atom. The zero-order valence-corrected chi connectivity index (χ0v) is 17.6. The fourth-order valence-electron chi connectivity index (χ4n) is 3.47. The maximum Gasteiger partial charge on any atom is 0.240 e. The Morgan fingerprint density at radius 3 is 2.32 bits per heavy atom. The number of rotatable bonds is 7. The van der Waals surface area contributed by atoms with Crippen LogP contribution < -0.4 is 9.62 Å². The van der Waals surface area contributed by atoms with Crippen molar-refractivity contribution in [2.75, 3.05) is 51.8 Å². The molecule has 1 N–H and O–H groups in total. The number of anilines is 1. The van der Waals surface area contributed by atoms with E-state index in [-0.39, 0.29) is 6.04 Å². The van der Waals surface area contributed by atoms with Gasteiger partial charge in [-0.25, -0.2) is 13.1 Å². The molecule has 1 fully saturated rings. The van der Waals surface area contributed by atoms with Crippen LogP contribution in [0.1, 0.15) is 17.2 Å². The second-order valence-electron chi connectivity index (χ2n) is 7.27. The van der Waals surface area contributed by atoms with Crippen LogP contribution >= 0.6 is 0 Å². The lowest BCUT2D eigenvalue weighted by Gasteiger charge is -2.35. The van der Waals surface area contributed by atoms with Crippen molar-refractivity contribution in [2.45, 2.75) is 17.9 Å². The summed E-state index contributed by atoms with van der Waals surface area (Å²) in [6.45, 7) is 5.03. The highest BCUT2D eigenvalue weighted by atomic mass is 32.2. The van der Waals surface area contributed by atoms with Gasteiger partial charge in [-0.1, -0.05) is 30.3 Å². The molecular formula is C21H29N3O3S. The van der Waals surface area contributed by atoms with Gasteiger partial charge in [0.1, 0.15) is 0 Å². The van der Waals surface area contributed by atoms with Gasteiger partial charge < -0.3 is 9.64 Å². The molecule has 2 aromatic rings. The predicted octanol–water partition coefficient (Wildman–Crippen LogP) is 2.41. The van der Waals surface area contributed by atoms with Crippen LogP contribution in [0.4, 0.5) is 5.69 Å². The maximum absolute atomic E-state index is 12.9. The van der Waals surface area contributed by atoms with Crippen molar-refractivity contribution < 1.29 is 13.2 Å². The molecule has 1 aliphatic heterocycles. The number of nitrogens with one attached hydrogen (secondary N) is 1. The van der Waals surface area contributed by atoms with Crippen LogP contribution in [0, 0.1) is 6.92 Å².